The predicted molar refractivity (Wildman–Crippen MR) is 81.3 cm³/mol. The Balaban J connectivity index is 2.23. The summed E-state index contributed by atoms with van der Waals surface area (Å²) < 4.78 is 10.7. The van der Waals surface area contributed by atoms with Gasteiger partial charge in [0.25, 0.3) is 0 Å². The first-order chi connectivity index (χ1) is 9.72. The lowest BCUT2D eigenvalue weighted by Crippen LogP contribution is -2.14. The highest BCUT2D eigenvalue weighted by molar-refractivity contribution is 6.30. The van der Waals surface area contributed by atoms with Crippen LogP contribution in [-0.4, -0.2) is 20.3 Å². The van der Waals surface area contributed by atoms with Crippen LogP contribution in [0.25, 0.3) is 0 Å². The summed E-state index contributed by atoms with van der Waals surface area (Å²) in [5.41, 5.74) is 8.21. The van der Waals surface area contributed by atoms with Gasteiger partial charge in [0.15, 0.2) is 0 Å². The van der Waals surface area contributed by atoms with Crippen molar-refractivity contribution in [1.29, 1.82) is 0 Å². The second-order valence-corrected chi connectivity index (χ2v) is 4.85. The summed E-state index contributed by atoms with van der Waals surface area (Å²) in [5.74, 6) is 0.775. The van der Waals surface area contributed by atoms with E-state index in [1.54, 1.807) is 7.11 Å². The first-order valence-corrected chi connectivity index (χ1v) is 6.82. The second kappa shape index (κ2) is 7.29. The number of methoxy groups -OCH3 is 1. The van der Waals surface area contributed by atoms with Crippen LogP contribution in [0.2, 0.25) is 5.02 Å². The summed E-state index contributed by atoms with van der Waals surface area (Å²) in [4.78, 5) is 0. The molecular weight excluding hydrogens is 274 g/mol. The van der Waals surface area contributed by atoms with Crippen molar-refractivity contribution in [3.63, 3.8) is 0 Å². The summed E-state index contributed by atoms with van der Waals surface area (Å²) in [7, 11) is 1.65. The topological polar surface area (TPSA) is 44.5 Å². The predicted octanol–water partition coefficient (Wildman–Crippen LogP) is 3.41. The van der Waals surface area contributed by atoms with Crippen molar-refractivity contribution in [3.8, 4) is 5.75 Å². The minimum Gasteiger partial charge on any atom is -0.491 e. The average molecular weight is 292 g/mol. The van der Waals surface area contributed by atoms with Crippen molar-refractivity contribution in [1.82, 2.24) is 0 Å². The number of ether oxygens (including phenoxy) is 2. The largest absolute Gasteiger partial charge is 0.491 e. The van der Waals surface area contributed by atoms with E-state index in [9.17, 15) is 0 Å². The summed E-state index contributed by atoms with van der Waals surface area (Å²) >= 11 is 6.02. The highest BCUT2D eigenvalue weighted by Crippen LogP contribution is 2.29. The van der Waals surface area contributed by atoms with E-state index in [2.05, 4.69) is 0 Å². The van der Waals surface area contributed by atoms with Gasteiger partial charge in [-0.3, -0.25) is 0 Å². The fraction of sp³-hybridized carbons (Fsp3) is 0.250. The molecular formula is C16H18ClNO2. The number of hydrogen-bond donors (Lipinski definition) is 1. The Morgan fingerprint density at radius 1 is 1.10 bits per heavy atom. The second-order valence-electron chi connectivity index (χ2n) is 4.41. The van der Waals surface area contributed by atoms with E-state index in [0.29, 0.717) is 18.2 Å². The summed E-state index contributed by atoms with van der Waals surface area (Å²) in [6.45, 7) is 1.04. The number of nitrogens with two attached hydrogens (primary N) is 1. The number of hydrogen-bond acceptors (Lipinski definition) is 3. The maximum atomic E-state index is 6.32. The van der Waals surface area contributed by atoms with Crippen molar-refractivity contribution >= 4 is 11.6 Å². The van der Waals surface area contributed by atoms with Gasteiger partial charge in [-0.1, -0.05) is 41.9 Å². The Hall–Kier alpha value is -1.55. The van der Waals surface area contributed by atoms with Crippen molar-refractivity contribution < 1.29 is 9.47 Å². The zero-order valence-corrected chi connectivity index (χ0v) is 12.1. The number of para-hydroxylation sites is 1. The van der Waals surface area contributed by atoms with Crippen LogP contribution in [0, 0.1) is 0 Å². The molecule has 1 unspecified atom stereocenters. The van der Waals surface area contributed by atoms with Crippen molar-refractivity contribution in [2.45, 2.75) is 6.04 Å². The van der Waals surface area contributed by atoms with Gasteiger partial charge >= 0.3 is 0 Å². The molecule has 0 saturated carbocycles. The maximum Gasteiger partial charge on any atom is 0.124 e. The minimum absolute atomic E-state index is 0.271. The molecule has 0 aliphatic carbocycles. The number of halogens is 1. The highest BCUT2D eigenvalue weighted by atomic mass is 35.5. The van der Waals surface area contributed by atoms with Gasteiger partial charge < -0.3 is 15.2 Å². The van der Waals surface area contributed by atoms with Crippen molar-refractivity contribution in [3.05, 3.63) is 64.7 Å². The van der Waals surface area contributed by atoms with Gasteiger partial charge in [0.2, 0.25) is 0 Å². The van der Waals surface area contributed by atoms with Gasteiger partial charge in [0.1, 0.15) is 12.4 Å². The van der Waals surface area contributed by atoms with E-state index in [-0.39, 0.29) is 6.04 Å². The maximum absolute atomic E-state index is 6.32. The molecule has 4 heteroatoms. The van der Waals surface area contributed by atoms with Crippen LogP contribution in [0.4, 0.5) is 0 Å². The van der Waals surface area contributed by atoms with Crippen LogP contribution in [0.3, 0.4) is 0 Å². The molecule has 106 valence electrons. The first-order valence-electron chi connectivity index (χ1n) is 6.44. The molecule has 2 N–H and O–H groups in total. The summed E-state index contributed by atoms with van der Waals surface area (Å²) in [5, 5.41) is 0.677. The third-order valence-corrected chi connectivity index (χ3v) is 3.24. The van der Waals surface area contributed by atoms with Gasteiger partial charge in [0, 0.05) is 17.7 Å². The Morgan fingerprint density at radius 2 is 1.90 bits per heavy atom. The SMILES string of the molecule is COCCOc1ccccc1C(N)c1cccc(Cl)c1. The lowest BCUT2D eigenvalue weighted by Gasteiger charge is -2.17. The molecule has 3 nitrogen and oxygen atoms in total. The Kier molecular flexibility index (Phi) is 5.41. The van der Waals surface area contributed by atoms with Crippen LogP contribution in [0.1, 0.15) is 17.2 Å². The van der Waals surface area contributed by atoms with Gasteiger partial charge in [-0.2, -0.15) is 0 Å². The third-order valence-electron chi connectivity index (χ3n) is 3.01. The minimum atomic E-state index is -0.271. The highest BCUT2D eigenvalue weighted by Gasteiger charge is 2.14. The Bertz CT molecular complexity index is 560. The van der Waals surface area contributed by atoms with E-state index < -0.39 is 0 Å². The molecule has 0 aliphatic rings. The molecule has 0 bridgehead atoms. The Labute approximate surface area is 124 Å². The average Bonchev–Trinajstić information content (AvgIpc) is 2.47. The van der Waals surface area contributed by atoms with E-state index in [4.69, 9.17) is 26.8 Å². The zero-order chi connectivity index (χ0) is 14.4. The quantitative estimate of drug-likeness (QED) is 0.830. The van der Waals surface area contributed by atoms with E-state index >= 15 is 0 Å². The molecule has 20 heavy (non-hydrogen) atoms. The molecule has 0 spiro atoms. The van der Waals surface area contributed by atoms with Crippen molar-refractivity contribution in [2.75, 3.05) is 20.3 Å². The molecule has 0 aromatic heterocycles. The Morgan fingerprint density at radius 3 is 2.65 bits per heavy atom. The molecule has 0 radical (unpaired) electrons. The van der Waals surface area contributed by atoms with Gasteiger partial charge in [-0.15, -0.1) is 0 Å². The monoisotopic (exact) mass is 291 g/mol. The standard InChI is InChI=1S/C16H18ClNO2/c1-19-9-10-20-15-8-3-2-7-14(15)16(18)12-5-4-6-13(17)11-12/h2-8,11,16H,9-10,18H2,1H3. The zero-order valence-electron chi connectivity index (χ0n) is 11.4. The van der Waals surface area contributed by atoms with Crippen LogP contribution in [0.5, 0.6) is 5.75 Å². The summed E-state index contributed by atoms with van der Waals surface area (Å²) in [6.07, 6.45) is 0. The lowest BCUT2D eigenvalue weighted by molar-refractivity contribution is 0.145. The van der Waals surface area contributed by atoms with Crippen LogP contribution in [-0.2, 0) is 4.74 Å². The first kappa shape index (κ1) is 14.9. The molecule has 0 fully saturated rings. The molecule has 0 amide bonds. The molecule has 0 aliphatic heterocycles. The molecule has 2 rings (SSSR count). The fourth-order valence-electron chi connectivity index (χ4n) is 1.98. The molecule has 2 aromatic carbocycles. The molecule has 0 saturated heterocycles. The smallest absolute Gasteiger partial charge is 0.124 e. The normalized spacial score (nSPS) is 12.2. The van der Waals surface area contributed by atoms with Crippen LogP contribution >= 0.6 is 11.6 Å². The summed E-state index contributed by atoms with van der Waals surface area (Å²) in [6, 6.07) is 15.0. The van der Waals surface area contributed by atoms with Gasteiger partial charge in [-0.25, -0.2) is 0 Å². The van der Waals surface area contributed by atoms with Crippen LogP contribution in [0.15, 0.2) is 48.5 Å². The fourth-order valence-corrected chi connectivity index (χ4v) is 2.18. The van der Waals surface area contributed by atoms with Gasteiger partial charge in [-0.05, 0) is 23.8 Å². The van der Waals surface area contributed by atoms with Crippen molar-refractivity contribution in [2.24, 2.45) is 5.73 Å². The van der Waals surface area contributed by atoms with E-state index in [0.717, 1.165) is 16.9 Å². The lowest BCUT2D eigenvalue weighted by atomic mass is 9.99. The molecule has 1 atom stereocenters. The number of rotatable bonds is 6. The third kappa shape index (κ3) is 3.73. The van der Waals surface area contributed by atoms with E-state index in [1.807, 2.05) is 48.5 Å². The molecule has 0 heterocycles. The van der Waals surface area contributed by atoms with E-state index in [1.165, 1.54) is 0 Å². The number of benzene rings is 2. The van der Waals surface area contributed by atoms with Gasteiger partial charge in [0.05, 0.1) is 12.6 Å². The molecule has 2 aromatic rings. The van der Waals surface area contributed by atoms with Crippen LogP contribution < -0.4 is 10.5 Å².